The van der Waals surface area contributed by atoms with E-state index >= 15 is 0 Å². The first-order valence-corrected chi connectivity index (χ1v) is 5.83. The van der Waals surface area contributed by atoms with Gasteiger partial charge in [-0.15, -0.1) is 0 Å². The number of hydrogen-bond acceptors (Lipinski definition) is 5. The summed E-state index contributed by atoms with van der Waals surface area (Å²) in [6.45, 7) is 2.27. The van der Waals surface area contributed by atoms with Crippen LogP contribution in [0.3, 0.4) is 0 Å². The predicted molar refractivity (Wildman–Crippen MR) is 72.2 cm³/mol. The second-order valence-electron chi connectivity index (χ2n) is 4.00. The molecule has 0 spiro atoms. The second-order valence-corrected chi connectivity index (χ2v) is 4.00. The zero-order chi connectivity index (χ0) is 13.7. The Hall–Kier alpha value is -2.47. The molecule has 98 valence electrons. The first-order valence-electron chi connectivity index (χ1n) is 5.83. The van der Waals surface area contributed by atoms with Crippen LogP contribution in [0.1, 0.15) is 21.7 Å². The molecule has 6 nitrogen and oxygen atoms in total. The number of nitrogens with zero attached hydrogens (tertiary/aromatic N) is 2. The van der Waals surface area contributed by atoms with Gasteiger partial charge in [-0.05, 0) is 31.2 Å². The minimum atomic E-state index is -0.246. The lowest BCUT2D eigenvalue weighted by molar-refractivity contribution is 0.0951. The van der Waals surface area contributed by atoms with Gasteiger partial charge in [-0.3, -0.25) is 9.78 Å². The van der Waals surface area contributed by atoms with E-state index in [0.29, 0.717) is 17.9 Å². The molecule has 0 aliphatic carbocycles. The number of carbonyl (C=O) groups is 1. The van der Waals surface area contributed by atoms with Crippen LogP contribution in [-0.2, 0) is 6.54 Å². The summed E-state index contributed by atoms with van der Waals surface area (Å²) in [7, 11) is 0. The Labute approximate surface area is 111 Å². The number of aromatic nitrogens is 2. The van der Waals surface area contributed by atoms with E-state index in [4.69, 9.17) is 5.84 Å². The van der Waals surface area contributed by atoms with Gasteiger partial charge in [0.15, 0.2) is 5.82 Å². The molecule has 0 saturated carbocycles. The van der Waals surface area contributed by atoms with Crippen molar-refractivity contribution in [3.8, 4) is 0 Å². The Morgan fingerprint density at radius 1 is 1.32 bits per heavy atom. The van der Waals surface area contributed by atoms with E-state index < -0.39 is 0 Å². The Balaban J connectivity index is 2.05. The molecular formula is C13H15N5O. The van der Waals surface area contributed by atoms with Gasteiger partial charge < -0.3 is 10.7 Å². The number of nitrogens with one attached hydrogen (secondary N) is 2. The van der Waals surface area contributed by atoms with E-state index in [-0.39, 0.29) is 5.91 Å². The van der Waals surface area contributed by atoms with Crippen molar-refractivity contribution in [2.45, 2.75) is 13.5 Å². The maximum atomic E-state index is 12.0. The van der Waals surface area contributed by atoms with Crippen molar-refractivity contribution in [1.29, 1.82) is 0 Å². The quantitative estimate of drug-likeness (QED) is 0.561. The molecule has 1 amide bonds. The normalized spacial score (nSPS) is 10.0. The summed E-state index contributed by atoms with van der Waals surface area (Å²) < 4.78 is 0. The van der Waals surface area contributed by atoms with Crippen LogP contribution >= 0.6 is 0 Å². The van der Waals surface area contributed by atoms with Crippen molar-refractivity contribution in [1.82, 2.24) is 15.3 Å². The van der Waals surface area contributed by atoms with E-state index in [1.54, 1.807) is 18.3 Å². The number of nitrogens with two attached hydrogens (primary N) is 1. The molecule has 19 heavy (non-hydrogen) atoms. The molecule has 0 aliphatic rings. The maximum Gasteiger partial charge on any atom is 0.255 e. The predicted octanol–water partition coefficient (Wildman–Crippen LogP) is 1.00. The number of anilines is 1. The fourth-order valence-corrected chi connectivity index (χ4v) is 1.67. The van der Waals surface area contributed by atoms with Gasteiger partial charge in [0.25, 0.3) is 5.91 Å². The summed E-state index contributed by atoms with van der Waals surface area (Å²) in [4.78, 5) is 20.3. The lowest BCUT2D eigenvalue weighted by atomic mass is 10.2. The number of rotatable bonds is 4. The highest BCUT2D eigenvalue weighted by atomic mass is 16.1. The third-order valence-electron chi connectivity index (χ3n) is 2.57. The lowest BCUT2D eigenvalue weighted by Gasteiger charge is -2.08. The lowest BCUT2D eigenvalue weighted by Crippen LogP contribution is -2.25. The second kappa shape index (κ2) is 5.92. The van der Waals surface area contributed by atoms with Gasteiger partial charge in [-0.25, -0.2) is 10.8 Å². The average Bonchev–Trinajstić information content (AvgIpc) is 2.45. The Kier molecular flexibility index (Phi) is 4.04. The smallest absolute Gasteiger partial charge is 0.255 e. The molecule has 0 unspecified atom stereocenters. The minimum absolute atomic E-state index is 0.246. The molecule has 2 heterocycles. The molecule has 6 heteroatoms. The van der Waals surface area contributed by atoms with Gasteiger partial charge in [0, 0.05) is 11.9 Å². The van der Waals surface area contributed by atoms with Crippen LogP contribution in [-0.4, -0.2) is 15.9 Å². The molecule has 0 saturated heterocycles. The van der Waals surface area contributed by atoms with Crippen LogP contribution in [0.2, 0.25) is 0 Å². The molecular weight excluding hydrogens is 242 g/mol. The molecule has 0 radical (unpaired) electrons. The fraction of sp³-hybridized carbons (Fsp3) is 0.154. The summed E-state index contributed by atoms with van der Waals surface area (Å²) in [5.74, 6) is 5.41. The van der Waals surface area contributed by atoms with E-state index in [2.05, 4.69) is 20.7 Å². The number of nitrogen functional groups attached to an aromatic ring is 1. The van der Waals surface area contributed by atoms with Crippen molar-refractivity contribution in [3.05, 3.63) is 53.5 Å². The van der Waals surface area contributed by atoms with Gasteiger partial charge in [-0.1, -0.05) is 6.07 Å². The minimum Gasteiger partial charge on any atom is -0.346 e. The summed E-state index contributed by atoms with van der Waals surface area (Å²) >= 11 is 0. The Bertz CT molecular complexity index is 585. The third-order valence-corrected chi connectivity index (χ3v) is 2.57. The summed E-state index contributed by atoms with van der Waals surface area (Å²) in [5.41, 5.74) is 4.52. The third kappa shape index (κ3) is 3.26. The number of hydrogen-bond donors (Lipinski definition) is 3. The van der Waals surface area contributed by atoms with Crippen LogP contribution in [0.25, 0.3) is 0 Å². The average molecular weight is 257 g/mol. The number of pyridine rings is 2. The summed E-state index contributed by atoms with van der Waals surface area (Å²) in [6.07, 6.45) is 1.56. The van der Waals surface area contributed by atoms with Gasteiger partial charge >= 0.3 is 0 Å². The monoisotopic (exact) mass is 257 g/mol. The van der Waals surface area contributed by atoms with Crippen LogP contribution in [0.5, 0.6) is 0 Å². The van der Waals surface area contributed by atoms with Crippen LogP contribution in [0.4, 0.5) is 5.82 Å². The van der Waals surface area contributed by atoms with Gasteiger partial charge in [0.1, 0.15) is 0 Å². The molecule has 2 aromatic heterocycles. The number of amides is 1. The molecule has 0 bridgehead atoms. The standard InChI is InChI=1S/C13H15N5O/c1-9-4-2-5-10(17-9)8-16-13(19)11-6-3-7-15-12(11)18-14/h2-7H,8,14H2,1H3,(H,15,18)(H,16,19). The van der Waals surface area contributed by atoms with Gasteiger partial charge in [0.2, 0.25) is 0 Å². The van der Waals surface area contributed by atoms with Crippen molar-refractivity contribution >= 4 is 11.7 Å². The summed E-state index contributed by atoms with van der Waals surface area (Å²) in [5, 5.41) is 2.78. The molecule has 0 aliphatic heterocycles. The van der Waals surface area contributed by atoms with Crippen LogP contribution in [0, 0.1) is 6.92 Å². The topological polar surface area (TPSA) is 92.9 Å². The first kappa shape index (κ1) is 13.0. The zero-order valence-electron chi connectivity index (χ0n) is 10.6. The number of aryl methyl sites for hydroxylation is 1. The highest BCUT2D eigenvalue weighted by molar-refractivity contribution is 5.98. The fourth-order valence-electron chi connectivity index (χ4n) is 1.67. The van der Waals surface area contributed by atoms with Crippen molar-refractivity contribution in [2.75, 3.05) is 5.43 Å². The highest BCUT2D eigenvalue weighted by Crippen LogP contribution is 2.09. The molecule has 0 atom stereocenters. The largest absolute Gasteiger partial charge is 0.346 e. The van der Waals surface area contributed by atoms with Crippen LogP contribution < -0.4 is 16.6 Å². The van der Waals surface area contributed by atoms with Crippen molar-refractivity contribution in [2.24, 2.45) is 5.84 Å². The molecule has 0 aromatic carbocycles. The highest BCUT2D eigenvalue weighted by Gasteiger charge is 2.11. The van der Waals surface area contributed by atoms with E-state index in [0.717, 1.165) is 11.4 Å². The van der Waals surface area contributed by atoms with E-state index in [1.165, 1.54) is 0 Å². The van der Waals surface area contributed by atoms with E-state index in [9.17, 15) is 4.79 Å². The van der Waals surface area contributed by atoms with Crippen molar-refractivity contribution in [3.63, 3.8) is 0 Å². The Morgan fingerprint density at radius 3 is 2.89 bits per heavy atom. The van der Waals surface area contributed by atoms with Crippen molar-refractivity contribution < 1.29 is 4.79 Å². The maximum absolute atomic E-state index is 12.0. The van der Waals surface area contributed by atoms with Gasteiger partial charge in [-0.2, -0.15) is 0 Å². The zero-order valence-corrected chi connectivity index (χ0v) is 10.6. The molecule has 2 rings (SSSR count). The molecule has 2 aromatic rings. The molecule has 4 N–H and O–H groups in total. The summed E-state index contributed by atoms with van der Waals surface area (Å²) in [6, 6.07) is 9.00. The Morgan fingerprint density at radius 2 is 2.16 bits per heavy atom. The number of hydrazine groups is 1. The van der Waals surface area contributed by atoms with E-state index in [1.807, 2.05) is 25.1 Å². The molecule has 0 fully saturated rings. The first-order chi connectivity index (χ1) is 9.20. The number of carbonyl (C=O) groups excluding carboxylic acids is 1. The SMILES string of the molecule is Cc1cccc(CNC(=O)c2cccnc2NN)n1. The van der Waals surface area contributed by atoms with Crippen LogP contribution in [0.15, 0.2) is 36.5 Å². The van der Waals surface area contributed by atoms with Gasteiger partial charge in [0.05, 0.1) is 17.8 Å².